The van der Waals surface area contributed by atoms with E-state index in [1.54, 1.807) is 0 Å². The SMILES string of the molecule is O=C(O)c1cc(-c2c(F)ccc(O)c2O)no1. The van der Waals surface area contributed by atoms with Gasteiger partial charge in [-0.3, -0.25) is 0 Å². The Morgan fingerprint density at radius 3 is 2.65 bits per heavy atom. The number of aromatic nitrogens is 1. The number of aromatic hydroxyl groups is 2. The van der Waals surface area contributed by atoms with E-state index in [0.29, 0.717) is 0 Å². The summed E-state index contributed by atoms with van der Waals surface area (Å²) in [6.07, 6.45) is 0. The first kappa shape index (κ1) is 10.9. The van der Waals surface area contributed by atoms with Gasteiger partial charge in [0.2, 0.25) is 5.76 Å². The van der Waals surface area contributed by atoms with Crippen LogP contribution in [0.15, 0.2) is 22.7 Å². The highest BCUT2D eigenvalue weighted by Crippen LogP contribution is 2.37. The van der Waals surface area contributed by atoms with Crippen LogP contribution in [0.5, 0.6) is 11.5 Å². The molecule has 0 bridgehead atoms. The molecule has 0 saturated carbocycles. The molecule has 1 aromatic carbocycles. The summed E-state index contributed by atoms with van der Waals surface area (Å²) in [5.41, 5.74) is -0.630. The quantitative estimate of drug-likeness (QED) is 0.687. The normalized spacial score (nSPS) is 10.4. The van der Waals surface area contributed by atoms with E-state index in [9.17, 15) is 19.4 Å². The van der Waals surface area contributed by atoms with Crippen molar-refractivity contribution in [1.82, 2.24) is 5.16 Å². The van der Waals surface area contributed by atoms with Crippen LogP contribution in [-0.2, 0) is 0 Å². The molecule has 2 rings (SSSR count). The molecule has 17 heavy (non-hydrogen) atoms. The van der Waals surface area contributed by atoms with Crippen molar-refractivity contribution in [3.63, 3.8) is 0 Å². The van der Waals surface area contributed by atoms with Gasteiger partial charge in [-0.25, -0.2) is 9.18 Å². The van der Waals surface area contributed by atoms with Crippen LogP contribution in [-0.4, -0.2) is 26.4 Å². The summed E-state index contributed by atoms with van der Waals surface area (Å²) in [4.78, 5) is 10.5. The summed E-state index contributed by atoms with van der Waals surface area (Å²) in [5, 5.41) is 30.6. The fraction of sp³-hybridized carbons (Fsp3) is 0. The smallest absolute Gasteiger partial charge is 0.374 e. The van der Waals surface area contributed by atoms with Gasteiger partial charge in [-0.1, -0.05) is 5.16 Å². The van der Waals surface area contributed by atoms with Gasteiger partial charge in [-0.15, -0.1) is 0 Å². The first-order valence-electron chi connectivity index (χ1n) is 4.41. The lowest BCUT2D eigenvalue weighted by atomic mass is 10.1. The molecule has 2 aromatic rings. The molecule has 6 nitrogen and oxygen atoms in total. The van der Waals surface area contributed by atoms with Crippen LogP contribution >= 0.6 is 0 Å². The van der Waals surface area contributed by atoms with Crippen LogP contribution in [0.25, 0.3) is 11.3 Å². The summed E-state index contributed by atoms with van der Waals surface area (Å²) in [7, 11) is 0. The Hall–Kier alpha value is -2.57. The number of halogens is 1. The van der Waals surface area contributed by atoms with Crippen LogP contribution in [0.4, 0.5) is 4.39 Å². The first-order valence-corrected chi connectivity index (χ1v) is 4.41. The summed E-state index contributed by atoms with van der Waals surface area (Å²) in [6.45, 7) is 0. The number of phenols is 2. The monoisotopic (exact) mass is 239 g/mol. The maximum Gasteiger partial charge on any atom is 0.374 e. The average Bonchev–Trinajstić information content (AvgIpc) is 2.73. The molecule has 0 aliphatic heterocycles. The molecule has 0 atom stereocenters. The molecule has 0 unspecified atom stereocenters. The molecule has 1 heterocycles. The number of carboxylic acids is 1. The minimum absolute atomic E-state index is 0.215. The van der Waals surface area contributed by atoms with Crippen molar-refractivity contribution in [2.24, 2.45) is 0 Å². The Morgan fingerprint density at radius 1 is 1.35 bits per heavy atom. The van der Waals surface area contributed by atoms with E-state index in [0.717, 1.165) is 18.2 Å². The van der Waals surface area contributed by atoms with Crippen molar-refractivity contribution >= 4 is 5.97 Å². The molecule has 0 amide bonds. The molecule has 0 saturated heterocycles. The Kier molecular flexibility index (Phi) is 2.43. The predicted octanol–water partition coefficient (Wildman–Crippen LogP) is 1.59. The molecular formula is C10H6FNO5. The minimum atomic E-state index is -1.37. The summed E-state index contributed by atoms with van der Waals surface area (Å²) in [6, 6.07) is 2.83. The van der Waals surface area contributed by atoms with Gasteiger partial charge in [0.05, 0.1) is 5.56 Å². The van der Waals surface area contributed by atoms with Crippen molar-refractivity contribution in [2.45, 2.75) is 0 Å². The Labute approximate surface area is 93.5 Å². The lowest BCUT2D eigenvalue weighted by Crippen LogP contribution is -1.91. The third kappa shape index (κ3) is 1.78. The topological polar surface area (TPSA) is 104 Å². The second-order valence-electron chi connectivity index (χ2n) is 3.17. The van der Waals surface area contributed by atoms with Crippen molar-refractivity contribution < 1.29 is 29.0 Å². The predicted molar refractivity (Wildman–Crippen MR) is 52.2 cm³/mol. The van der Waals surface area contributed by atoms with E-state index < -0.39 is 34.6 Å². The third-order valence-corrected chi connectivity index (χ3v) is 2.08. The van der Waals surface area contributed by atoms with Crippen LogP contribution in [0.1, 0.15) is 10.6 Å². The highest BCUT2D eigenvalue weighted by molar-refractivity contribution is 5.86. The zero-order valence-electron chi connectivity index (χ0n) is 8.22. The second-order valence-corrected chi connectivity index (χ2v) is 3.17. The standard InChI is InChI=1S/C10H6FNO5/c11-4-1-2-6(13)9(14)8(4)5-3-7(10(15)16)17-12-5/h1-3,13-14H,(H,15,16). The van der Waals surface area contributed by atoms with Crippen LogP contribution in [0, 0.1) is 5.82 Å². The highest BCUT2D eigenvalue weighted by atomic mass is 19.1. The molecule has 1 aromatic heterocycles. The molecule has 7 heteroatoms. The van der Waals surface area contributed by atoms with Crippen molar-refractivity contribution in [3.8, 4) is 22.8 Å². The Bertz CT molecular complexity index is 592. The number of aromatic carboxylic acids is 1. The van der Waals surface area contributed by atoms with Gasteiger partial charge in [-0.2, -0.15) is 0 Å². The second kappa shape index (κ2) is 3.78. The number of rotatable bonds is 2. The maximum atomic E-state index is 13.4. The molecule has 88 valence electrons. The number of carboxylic acid groups (broad SMARTS) is 1. The van der Waals surface area contributed by atoms with Gasteiger partial charge in [0.25, 0.3) is 0 Å². The van der Waals surface area contributed by atoms with Gasteiger partial charge in [0.1, 0.15) is 11.5 Å². The summed E-state index contributed by atoms with van der Waals surface area (Å²) >= 11 is 0. The van der Waals surface area contributed by atoms with E-state index in [-0.39, 0.29) is 5.69 Å². The summed E-state index contributed by atoms with van der Waals surface area (Å²) < 4.78 is 17.8. The van der Waals surface area contributed by atoms with Crippen LogP contribution < -0.4 is 0 Å². The van der Waals surface area contributed by atoms with E-state index in [4.69, 9.17) is 5.11 Å². The Balaban J connectivity index is 2.60. The first-order chi connectivity index (χ1) is 8.00. The van der Waals surface area contributed by atoms with Crippen molar-refractivity contribution in [2.75, 3.05) is 0 Å². The number of hydrogen-bond acceptors (Lipinski definition) is 5. The fourth-order valence-electron chi connectivity index (χ4n) is 1.29. The maximum absolute atomic E-state index is 13.4. The van der Waals surface area contributed by atoms with Crippen LogP contribution in [0.2, 0.25) is 0 Å². The number of nitrogens with zero attached hydrogens (tertiary/aromatic N) is 1. The molecule has 0 aliphatic carbocycles. The van der Waals surface area contributed by atoms with Gasteiger partial charge in [0, 0.05) is 6.07 Å². The Morgan fingerprint density at radius 2 is 2.06 bits per heavy atom. The van der Waals surface area contributed by atoms with E-state index in [2.05, 4.69) is 9.68 Å². The molecule has 0 fully saturated rings. The fourth-order valence-corrected chi connectivity index (χ4v) is 1.29. The largest absolute Gasteiger partial charge is 0.504 e. The van der Waals surface area contributed by atoms with Gasteiger partial charge < -0.3 is 19.8 Å². The average molecular weight is 239 g/mol. The minimum Gasteiger partial charge on any atom is -0.504 e. The van der Waals surface area contributed by atoms with Crippen molar-refractivity contribution in [1.29, 1.82) is 0 Å². The molecule has 0 radical (unpaired) electrons. The molecular weight excluding hydrogens is 233 g/mol. The summed E-state index contributed by atoms with van der Waals surface area (Å²) in [5.74, 6) is -3.99. The molecule has 0 aliphatic rings. The van der Waals surface area contributed by atoms with Gasteiger partial charge >= 0.3 is 5.97 Å². The van der Waals surface area contributed by atoms with Crippen LogP contribution in [0.3, 0.4) is 0 Å². The molecule has 0 spiro atoms. The lowest BCUT2D eigenvalue weighted by molar-refractivity contribution is 0.0652. The van der Waals surface area contributed by atoms with E-state index in [1.807, 2.05) is 0 Å². The van der Waals surface area contributed by atoms with Gasteiger partial charge in [0.15, 0.2) is 11.5 Å². The number of hydrogen-bond donors (Lipinski definition) is 3. The van der Waals surface area contributed by atoms with E-state index in [1.165, 1.54) is 0 Å². The zero-order chi connectivity index (χ0) is 12.6. The number of benzene rings is 1. The molecule has 3 N–H and O–H groups in total. The third-order valence-electron chi connectivity index (χ3n) is 2.08. The van der Waals surface area contributed by atoms with E-state index >= 15 is 0 Å². The lowest BCUT2D eigenvalue weighted by Gasteiger charge is -2.03. The number of carbonyl (C=O) groups is 1. The zero-order valence-corrected chi connectivity index (χ0v) is 8.22. The van der Waals surface area contributed by atoms with Crippen molar-refractivity contribution in [3.05, 3.63) is 29.8 Å². The highest BCUT2D eigenvalue weighted by Gasteiger charge is 2.20. The van der Waals surface area contributed by atoms with Gasteiger partial charge in [-0.05, 0) is 12.1 Å². The number of phenolic OH excluding ortho intramolecular Hbond substituents is 2.